The Morgan fingerprint density at radius 2 is 2.00 bits per heavy atom. The molecule has 0 aliphatic rings. The largest absolute Gasteiger partial charge is 0.305 e. The van der Waals surface area contributed by atoms with Crippen molar-refractivity contribution >= 4 is 0 Å². The van der Waals surface area contributed by atoms with E-state index in [1.54, 1.807) is 12.1 Å². The molecule has 0 aliphatic heterocycles. The number of benzene rings is 1. The molecule has 0 radical (unpaired) electrons. The number of hydrogen-bond donors (Lipinski definition) is 1. The van der Waals surface area contributed by atoms with E-state index in [1.165, 1.54) is 10.7 Å². The number of aromatic nitrogens is 6. The Labute approximate surface area is 145 Å². The highest BCUT2D eigenvalue weighted by Gasteiger charge is 2.17. The lowest BCUT2D eigenvalue weighted by Crippen LogP contribution is -2.34. The van der Waals surface area contributed by atoms with Crippen LogP contribution in [0, 0.1) is 19.7 Å². The molecule has 132 valence electrons. The lowest BCUT2D eigenvalue weighted by molar-refractivity contribution is 0.361. The van der Waals surface area contributed by atoms with Gasteiger partial charge < -0.3 is 5.32 Å². The summed E-state index contributed by atoms with van der Waals surface area (Å²) >= 11 is 0. The van der Waals surface area contributed by atoms with Gasteiger partial charge in [0.1, 0.15) is 11.5 Å². The number of aryl methyl sites for hydroxylation is 2. The van der Waals surface area contributed by atoms with Crippen molar-refractivity contribution in [3.63, 3.8) is 0 Å². The summed E-state index contributed by atoms with van der Waals surface area (Å²) in [5, 5.41) is 19.4. The zero-order valence-corrected chi connectivity index (χ0v) is 14.8. The van der Waals surface area contributed by atoms with Crippen LogP contribution in [0.1, 0.15) is 36.8 Å². The molecule has 2 aromatic heterocycles. The van der Waals surface area contributed by atoms with Crippen LogP contribution in [-0.2, 0) is 6.54 Å². The van der Waals surface area contributed by atoms with Crippen LogP contribution in [-0.4, -0.2) is 36.0 Å². The summed E-state index contributed by atoms with van der Waals surface area (Å²) in [5.74, 6) is 0.202. The molecule has 0 spiro atoms. The Kier molecular flexibility index (Phi) is 4.89. The van der Waals surface area contributed by atoms with Gasteiger partial charge in [0.05, 0.1) is 18.8 Å². The molecule has 1 aromatic carbocycles. The molecule has 0 amide bonds. The second kappa shape index (κ2) is 7.10. The van der Waals surface area contributed by atoms with Crippen molar-refractivity contribution in [1.82, 2.24) is 35.3 Å². The topological polar surface area (TPSA) is 73.5 Å². The Balaban J connectivity index is 1.72. The number of nitrogens with zero attached hydrogens (tertiary/aromatic N) is 6. The van der Waals surface area contributed by atoms with Gasteiger partial charge in [-0.05, 0) is 61.4 Å². The van der Waals surface area contributed by atoms with Crippen LogP contribution >= 0.6 is 0 Å². The van der Waals surface area contributed by atoms with Crippen LogP contribution in [0.3, 0.4) is 0 Å². The molecule has 0 saturated heterocycles. The van der Waals surface area contributed by atoms with Crippen molar-refractivity contribution in [2.75, 3.05) is 0 Å². The maximum Gasteiger partial charge on any atom is 0.170 e. The molecular formula is C17H22FN7. The summed E-state index contributed by atoms with van der Waals surface area (Å²) < 4.78 is 17.5. The van der Waals surface area contributed by atoms with E-state index in [9.17, 15) is 4.39 Å². The Bertz CT molecular complexity index is 854. The van der Waals surface area contributed by atoms with Gasteiger partial charge in [-0.3, -0.25) is 4.68 Å². The summed E-state index contributed by atoms with van der Waals surface area (Å²) in [4.78, 5) is 0. The first-order valence-electron chi connectivity index (χ1n) is 8.23. The van der Waals surface area contributed by atoms with Gasteiger partial charge in [0, 0.05) is 12.2 Å². The molecule has 0 unspecified atom stereocenters. The molecule has 0 bridgehead atoms. The third-order valence-corrected chi connectivity index (χ3v) is 4.32. The Morgan fingerprint density at radius 3 is 2.72 bits per heavy atom. The highest BCUT2D eigenvalue weighted by Crippen LogP contribution is 2.16. The van der Waals surface area contributed by atoms with Gasteiger partial charge >= 0.3 is 0 Å². The van der Waals surface area contributed by atoms with E-state index in [4.69, 9.17) is 0 Å². The first-order valence-corrected chi connectivity index (χ1v) is 8.23. The summed E-state index contributed by atoms with van der Waals surface area (Å²) in [6, 6.07) is 5.17. The number of halogens is 1. The van der Waals surface area contributed by atoms with E-state index >= 15 is 0 Å². The molecule has 0 fully saturated rings. The molecule has 8 heteroatoms. The van der Waals surface area contributed by atoms with Crippen LogP contribution in [0.5, 0.6) is 0 Å². The molecule has 2 atom stereocenters. The van der Waals surface area contributed by atoms with Gasteiger partial charge in [0.25, 0.3) is 0 Å². The summed E-state index contributed by atoms with van der Waals surface area (Å²) in [6.07, 6.45) is 3.85. The normalized spacial score (nSPS) is 13.8. The smallest absolute Gasteiger partial charge is 0.170 e. The van der Waals surface area contributed by atoms with E-state index in [0.717, 1.165) is 11.1 Å². The zero-order chi connectivity index (χ0) is 18.0. The molecule has 25 heavy (non-hydrogen) atoms. The molecule has 1 N–H and O–H groups in total. The predicted octanol–water partition coefficient (Wildman–Crippen LogP) is 2.35. The van der Waals surface area contributed by atoms with Gasteiger partial charge in [0.2, 0.25) is 0 Å². The third-order valence-electron chi connectivity index (χ3n) is 4.32. The van der Waals surface area contributed by atoms with E-state index in [1.807, 2.05) is 30.9 Å². The molecule has 3 rings (SSSR count). The van der Waals surface area contributed by atoms with Crippen LogP contribution in [0.2, 0.25) is 0 Å². The van der Waals surface area contributed by atoms with Crippen molar-refractivity contribution in [3.8, 4) is 5.69 Å². The van der Waals surface area contributed by atoms with Gasteiger partial charge in [-0.15, -0.1) is 5.10 Å². The van der Waals surface area contributed by atoms with E-state index < -0.39 is 0 Å². The average Bonchev–Trinajstić information content (AvgIpc) is 3.23. The van der Waals surface area contributed by atoms with Crippen LogP contribution < -0.4 is 5.32 Å². The maximum atomic E-state index is 14.1. The molecule has 3 aromatic rings. The quantitative estimate of drug-likeness (QED) is 0.744. The molecule has 0 saturated carbocycles. The van der Waals surface area contributed by atoms with Gasteiger partial charge in [-0.2, -0.15) is 9.78 Å². The summed E-state index contributed by atoms with van der Waals surface area (Å²) in [7, 11) is 0. The SMILES string of the molecule is Cc1ccc(F)c(-n2nnnc2CN[C@H](C)[C@H](C)n2cc(C)cn2)c1. The maximum absolute atomic E-state index is 14.1. The molecule has 2 heterocycles. The Morgan fingerprint density at radius 1 is 1.20 bits per heavy atom. The minimum Gasteiger partial charge on any atom is -0.305 e. The minimum absolute atomic E-state index is 0.131. The standard InChI is InChI=1S/C17H22FN7/c1-11-5-6-15(18)16(7-11)25-17(21-22-23-25)9-19-13(3)14(4)24-10-12(2)8-20-24/h5-8,10,13-14,19H,9H2,1-4H3/t13-,14+/m1/s1. The molecule has 7 nitrogen and oxygen atoms in total. The van der Waals surface area contributed by atoms with Crippen molar-refractivity contribution in [3.05, 3.63) is 53.4 Å². The van der Waals surface area contributed by atoms with Crippen LogP contribution in [0.25, 0.3) is 5.69 Å². The number of nitrogens with one attached hydrogen (secondary N) is 1. The monoisotopic (exact) mass is 343 g/mol. The highest BCUT2D eigenvalue weighted by atomic mass is 19.1. The highest BCUT2D eigenvalue weighted by molar-refractivity contribution is 5.36. The first kappa shape index (κ1) is 17.2. The fraction of sp³-hybridized carbons (Fsp3) is 0.412. The van der Waals surface area contributed by atoms with Gasteiger partial charge in [-0.25, -0.2) is 4.39 Å². The fourth-order valence-corrected chi connectivity index (χ4v) is 2.60. The third kappa shape index (κ3) is 3.74. The van der Waals surface area contributed by atoms with Crippen LogP contribution in [0.15, 0.2) is 30.6 Å². The lowest BCUT2D eigenvalue weighted by Gasteiger charge is -2.21. The van der Waals surface area contributed by atoms with Gasteiger partial charge in [-0.1, -0.05) is 6.07 Å². The second-order valence-electron chi connectivity index (χ2n) is 6.37. The Hall–Kier alpha value is -2.61. The van der Waals surface area contributed by atoms with E-state index in [2.05, 4.69) is 39.8 Å². The average molecular weight is 343 g/mol. The van der Waals surface area contributed by atoms with Crippen molar-refractivity contribution in [1.29, 1.82) is 0 Å². The van der Waals surface area contributed by atoms with Gasteiger partial charge in [0.15, 0.2) is 5.82 Å². The summed E-state index contributed by atoms with van der Waals surface area (Å²) in [6.45, 7) is 8.50. The van der Waals surface area contributed by atoms with Crippen molar-refractivity contribution in [2.24, 2.45) is 0 Å². The van der Waals surface area contributed by atoms with Crippen molar-refractivity contribution < 1.29 is 4.39 Å². The molecule has 0 aliphatic carbocycles. The van der Waals surface area contributed by atoms with Crippen LogP contribution in [0.4, 0.5) is 4.39 Å². The second-order valence-corrected chi connectivity index (χ2v) is 6.37. The summed E-state index contributed by atoms with van der Waals surface area (Å²) in [5.41, 5.74) is 2.42. The molecular weight excluding hydrogens is 321 g/mol. The van der Waals surface area contributed by atoms with Crippen molar-refractivity contribution in [2.45, 2.75) is 46.3 Å². The first-order chi connectivity index (χ1) is 12.0. The number of hydrogen-bond acceptors (Lipinski definition) is 5. The fourth-order valence-electron chi connectivity index (χ4n) is 2.60. The van der Waals surface area contributed by atoms with E-state index in [-0.39, 0.29) is 17.9 Å². The van der Waals surface area contributed by atoms with E-state index in [0.29, 0.717) is 18.1 Å². The number of rotatable bonds is 6. The minimum atomic E-state index is -0.354. The number of tetrazole rings is 1. The lowest BCUT2D eigenvalue weighted by atomic mass is 10.1. The zero-order valence-electron chi connectivity index (χ0n) is 14.8. The predicted molar refractivity (Wildman–Crippen MR) is 91.8 cm³/mol.